The van der Waals surface area contributed by atoms with E-state index in [9.17, 15) is 0 Å². The first kappa shape index (κ1) is 16.0. The number of benzene rings is 2. The number of nitrogens with zero attached hydrogens (tertiary/aromatic N) is 3. The minimum Gasteiger partial charge on any atom is -0.363 e. The van der Waals surface area contributed by atoms with Crippen LogP contribution in [0, 0.1) is 0 Å². The maximum Gasteiger partial charge on any atom is 0.229 e. The molecule has 0 amide bonds. The predicted octanol–water partition coefficient (Wildman–Crippen LogP) is 4.94. The lowest BCUT2D eigenvalue weighted by Crippen LogP contribution is -2.09. The highest BCUT2D eigenvalue weighted by molar-refractivity contribution is 5.91. The Hall–Kier alpha value is -3.47. The summed E-state index contributed by atoms with van der Waals surface area (Å²) < 4.78 is 0. The minimum absolute atomic E-state index is 0.151. The Morgan fingerprint density at radius 1 is 0.808 bits per heavy atom. The van der Waals surface area contributed by atoms with Gasteiger partial charge >= 0.3 is 0 Å². The molecular weight excluding hydrogens is 322 g/mol. The van der Waals surface area contributed by atoms with Crippen molar-refractivity contribution in [2.75, 3.05) is 10.6 Å². The first-order valence-corrected chi connectivity index (χ1v) is 8.55. The Morgan fingerprint density at radius 2 is 1.65 bits per heavy atom. The first-order valence-electron chi connectivity index (χ1n) is 8.55. The molecule has 0 spiro atoms. The topological polar surface area (TPSA) is 62.7 Å². The van der Waals surface area contributed by atoms with Crippen LogP contribution in [0.4, 0.5) is 17.5 Å². The second-order valence-corrected chi connectivity index (χ2v) is 6.05. The fraction of sp³-hybridized carbons (Fsp3) is 0.0952. The van der Waals surface area contributed by atoms with Crippen molar-refractivity contribution in [1.82, 2.24) is 15.0 Å². The van der Waals surface area contributed by atoms with Crippen LogP contribution in [0.1, 0.15) is 18.5 Å². The van der Waals surface area contributed by atoms with Crippen LogP contribution in [0.3, 0.4) is 0 Å². The largest absolute Gasteiger partial charge is 0.363 e. The van der Waals surface area contributed by atoms with Crippen molar-refractivity contribution in [3.8, 4) is 0 Å². The predicted molar refractivity (Wildman–Crippen MR) is 106 cm³/mol. The van der Waals surface area contributed by atoms with E-state index < -0.39 is 0 Å². The average Bonchev–Trinajstić information content (AvgIpc) is 2.69. The molecule has 4 rings (SSSR count). The maximum atomic E-state index is 4.58. The molecule has 4 aromatic rings. The first-order chi connectivity index (χ1) is 12.8. The van der Waals surface area contributed by atoms with Crippen molar-refractivity contribution in [2.45, 2.75) is 13.0 Å². The summed E-state index contributed by atoms with van der Waals surface area (Å²) in [5.74, 6) is 1.31. The Labute approximate surface area is 152 Å². The van der Waals surface area contributed by atoms with Gasteiger partial charge in [-0.15, -0.1) is 0 Å². The molecule has 0 aliphatic rings. The van der Waals surface area contributed by atoms with Gasteiger partial charge in [-0.1, -0.05) is 48.5 Å². The van der Waals surface area contributed by atoms with E-state index >= 15 is 0 Å². The summed E-state index contributed by atoms with van der Waals surface area (Å²) in [5, 5.41) is 7.76. The third-order valence-corrected chi connectivity index (χ3v) is 4.20. The van der Waals surface area contributed by atoms with Gasteiger partial charge in [0.25, 0.3) is 0 Å². The Kier molecular flexibility index (Phi) is 4.43. The van der Waals surface area contributed by atoms with Crippen LogP contribution < -0.4 is 10.6 Å². The molecular formula is C21H19N5. The van der Waals surface area contributed by atoms with E-state index in [1.54, 1.807) is 12.4 Å². The fourth-order valence-corrected chi connectivity index (χ4v) is 2.87. The summed E-state index contributed by atoms with van der Waals surface area (Å²) in [6.07, 6.45) is 3.53. The SMILES string of the molecule is CC(Nc1ccnc(Nc2cccc3cccnc23)n1)c1ccccc1. The van der Waals surface area contributed by atoms with Gasteiger partial charge in [0, 0.05) is 23.8 Å². The monoisotopic (exact) mass is 341 g/mol. The van der Waals surface area contributed by atoms with Crippen LogP contribution in [0.2, 0.25) is 0 Å². The number of rotatable bonds is 5. The number of para-hydroxylation sites is 1. The summed E-state index contributed by atoms with van der Waals surface area (Å²) in [7, 11) is 0. The van der Waals surface area contributed by atoms with E-state index in [0.29, 0.717) is 5.95 Å². The van der Waals surface area contributed by atoms with E-state index in [1.807, 2.05) is 54.6 Å². The highest BCUT2D eigenvalue weighted by atomic mass is 15.1. The number of nitrogens with one attached hydrogen (secondary N) is 2. The minimum atomic E-state index is 0.151. The molecule has 0 bridgehead atoms. The lowest BCUT2D eigenvalue weighted by molar-refractivity contribution is 0.873. The number of fused-ring (bicyclic) bond motifs is 1. The molecule has 5 nitrogen and oxygen atoms in total. The Bertz CT molecular complexity index is 1010. The van der Waals surface area contributed by atoms with E-state index in [1.165, 1.54) is 5.56 Å². The molecule has 2 aromatic heterocycles. The molecule has 0 saturated carbocycles. The zero-order chi connectivity index (χ0) is 17.8. The van der Waals surface area contributed by atoms with Gasteiger partial charge in [-0.3, -0.25) is 4.98 Å². The van der Waals surface area contributed by atoms with Gasteiger partial charge in [0.2, 0.25) is 5.95 Å². The Morgan fingerprint density at radius 3 is 2.54 bits per heavy atom. The molecule has 2 heterocycles. The van der Waals surface area contributed by atoms with Crippen LogP contribution in [0.5, 0.6) is 0 Å². The van der Waals surface area contributed by atoms with Crippen molar-refractivity contribution < 1.29 is 0 Å². The van der Waals surface area contributed by atoms with Gasteiger partial charge in [0.05, 0.1) is 11.2 Å². The van der Waals surface area contributed by atoms with Gasteiger partial charge in [-0.05, 0) is 30.7 Å². The number of pyridine rings is 1. The number of hydrogen-bond acceptors (Lipinski definition) is 5. The molecule has 2 aromatic carbocycles. The molecule has 0 saturated heterocycles. The van der Waals surface area contributed by atoms with Crippen molar-refractivity contribution in [3.05, 3.63) is 84.7 Å². The summed E-state index contributed by atoms with van der Waals surface area (Å²) in [5.41, 5.74) is 2.99. The molecule has 1 unspecified atom stereocenters. The third-order valence-electron chi connectivity index (χ3n) is 4.20. The molecule has 5 heteroatoms. The summed E-state index contributed by atoms with van der Waals surface area (Å²) in [6.45, 7) is 2.11. The van der Waals surface area contributed by atoms with Crippen LogP contribution in [-0.4, -0.2) is 15.0 Å². The standard InChI is InChI=1S/C21H19N5/c1-15(16-7-3-2-4-8-16)24-19-12-14-23-21(26-19)25-18-11-5-9-17-10-6-13-22-20(17)18/h2-15H,1H3,(H2,23,24,25,26). The van der Waals surface area contributed by atoms with E-state index in [0.717, 1.165) is 22.4 Å². The molecule has 0 aliphatic heterocycles. The second-order valence-electron chi connectivity index (χ2n) is 6.05. The van der Waals surface area contributed by atoms with Crippen LogP contribution in [0.15, 0.2) is 79.1 Å². The van der Waals surface area contributed by atoms with E-state index in [2.05, 4.69) is 44.6 Å². The van der Waals surface area contributed by atoms with E-state index in [4.69, 9.17) is 0 Å². The average molecular weight is 341 g/mol. The fourth-order valence-electron chi connectivity index (χ4n) is 2.87. The number of aromatic nitrogens is 3. The maximum absolute atomic E-state index is 4.58. The van der Waals surface area contributed by atoms with Gasteiger partial charge in [-0.25, -0.2) is 4.98 Å². The summed E-state index contributed by atoms with van der Waals surface area (Å²) in [6, 6.07) is 22.3. The van der Waals surface area contributed by atoms with Crippen molar-refractivity contribution >= 4 is 28.4 Å². The molecule has 128 valence electrons. The molecule has 0 aliphatic carbocycles. The van der Waals surface area contributed by atoms with Crippen LogP contribution in [-0.2, 0) is 0 Å². The highest BCUT2D eigenvalue weighted by Gasteiger charge is 2.08. The normalized spacial score (nSPS) is 11.9. The van der Waals surface area contributed by atoms with Crippen molar-refractivity contribution in [2.24, 2.45) is 0 Å². The van der Waals surface area contributed by atoms with E-state index in [-0.39, 0.29) is 6.04 Å². The van der Waals surface area contributed by atoms with Gasteiger partial charge in [0.1, 0.15) is 5.82 Å². The second kappa shape index (κ2) is 7.19. The molecule has 1 atom stereocenters. The Balaban J connectivity index is 1.56. The smallest absolute Gasteiger partial charge is 0.229 e. The highest BCUT2D eigenvalue weighted by Crippen LogP contribution is 2.24. The lowest BCUT2D eigenvalue weighted by Gasteiger charge is -2.15. The zero-order valence-electron chi connectivity index (χ0n) is 14.4. The molecule has 0 radical (unpaired) electrons. The van der Waals surface area contributed by atoms with Crippen LogP contribution in [0.25, 0.3) is 10.9 Å². The van der Waals surface area contributed by atoms with Crippen molar-refractivity contribution in [3.63, 3.8) is 0 Å². The van der Waals surface area contributed by atoms with Gasteiger partial charge < -0.3 is 10.6 Å². The quantitative estimate of drug-likeness (QED) is 0.538. The summed E-state index contributed by atoms with van der Waals surface area (Å²) >= 11 is 0. The van der Waals surface area contributed by atoms with Crippen LogP contribution >= 0.6 is 0 Å². The molecule has 26 heavy (non-hydrogen) atoms. The number of anilines is 3. The van der Waals surface area contributed by atoms with Gasteiger partial charge in [0.15, 0.2) is 0 Å². The van der Waals surface area contributed by atoms with Gasteiger partial charge in [-0.2, -0.15) is 4.98 Å². The summed E-state index contributed by atoms with van der Waals surface area (Å²) in [4.78, 5) is 13.4. The third kappa shape index (κ3) is 3.47. The van der Waals surface area contributed by atoms with Crippen molar-refractivity contribution in [1.29, 1.82) is 0 Å². The zero-order valence-corrected chi connectivity index (χ0v) is 14.4. The lowest BCUT2D eigenvalue weighted by atomic mass is 10.1. The number of hydrogen-bond donors (Lipinski definition) is 2. The molecule has 0 fully saturated rings. The molecule has 2 N–H and O–H groups in total.